The maximum absolute atomic E-state index is 12.3. The lowest BCUT2D eigenvalue weighted by Gasteiger charge is -2.02. The van der Waals surface area contributed by atoms with Gasteiger partial charge in [0.15, 0.2) is 0 Å². The molecule has 0 unspecified atom stereocenters. The summed E-state index contributed by atoms with van der Waals surface area (Å²) in [6.07, 6.45) is 3.46. The molecule has 0 aliphatic heterocycles. The van der Waals surface area contributed by atoms with E-state index in [2.05, 4.69) is 15.4 Å². The van der Waals surface area contributed by atoms with Gasteiger partial charge in [0, 0.05) is 36.0 Å². The molecule has 1 amide bonds. The van der Waals surface area contributed by atoms with Gasteiger partial charge in [-0.3, -0.25) is 9.48 Å². The number of carbonyl (C=O) groups is 1. The molecule has 2 aromatic heterocycles. The minimum absolute atomic E-state index is 0.169. The molecule has 102 valence electrons. The normalized spacial score (nSPS) is 10.9. The van der Waals surface area contributed by atoms with Crippen molar-refractivity contribution in [1.82, 2.24) is 14.8 Å². The van der Waals surface area contributed by atoms with Crippen molar-refractivity contribution in [3.63, 3.8) is 0 Å². The number of anilines is 2. The second-order valence-electron chi connectivity index (χ2n) is 4.76. The van der Waals surface area contributed by atoms with E-state index in [0.29, 0.717) is 16.9 Å². The monoisotopic (exact) mass is 269 g/mol. The molecule has 3 aromatic rings. The summed E-state index contributed by atoms with van der Waals surface area (Å²) in [4.78, 5) is 15.4. The molecule has 0 bridgehead atoms. The molecule has 6 nitrogen and oxygen atoms in total. The average Bonchev–Trinajstić information content (AvgIpc) is 2.92. The van der Waals surface area contributed by atoms with Gasteiger partial charge in [0.05, 0.1) is 16.9 Å². The number of H-pyrrole nitrogens is 1. The summed E-state index contributed by atoms with van der Waals surface area (Å²) < 4.78 is 1.67. The predicted octanol–water partition coefficient (Wildman–Crippen LogP) is 2.04. The highest BCUT2D eigenvalue weighted by Gasteiger charge is 2.14. The van der Waals surface area contributed by atoms with Gasteiger partial charge >= 0.3 is 0 Å². The number of amides is 1. The molecule has 0 aliphatic rings. The van der Waals surface area contributed by atoms with E-state index >= 15 is 0 Å². The Balaban J connectivity index is 1.95. The van der Waals surface area contributed by atoms with Gasteiger partial charge in [0.2, 0.25) is 0 Å². The predicted molar refractivity (Wildman–Crippen MR) is 78.6 cm³/mol. The molecule has 0 aliphatic carbocycles. The Morgan fingerprint density at radius 2 is 2.25 bits per heavy atom. The number of hydrogen-bond donors (Lipinski definition) is 3. The molecular weight excluding hydrogens is 254 g/mol. The second-order valence-corrected chi connectivity index (χ2v) is 4.76. The smallest absolute Gasteiger partial charge is 0.257 e. The van der Waals surface area contributed by atoms with Crippen molar-refractivity contribution in [2.75, 3.05) is 11.1 Å². The Bertz CT molecular complexity index is 799. The maximum Gasteiger partial charge on any atom is 0.257 e. The van der Waals surface area contributed by atoms with Gasteiger partial charge < -0.3 is 16.0 Å². The number of nitrogens with zero attached hydrogens (tertiary/aromatic N) is 2. The van der Waals surface area contributed by atoms with Gasteiger partial charge in [-0.15, -0.1) is 0 Å². The number of hydrogen-bond acceptors (Lipinski definition) is 3. The van der Waals surface area contributed by atoms with Crippen molar-refractivity contribution in [3.8, 4) is 0 Å². The largest absolute Gasteiger partial charge is 0.399 e. The Morgan fingerprint density at radius 1 is 1.45 bits per heavy atom. The van der Waals surface area contributed by atoms with Crippen LogP contribution >= 0.6 is 0 Å². The molecule has 3 rings (SSSR count). The van der Waals surface area contributed by atoms with Crippen LogP contribution in [0.1, 0.15) is 16.1 Å². The number of aromatic amines is 1. The van der Waals surface area contributed by atoms with Crippen molar-refractivity contribution in [2.24, 2.45) is 7.05 Å². The van der Waals surface area contributed by atoms with Crippen molar-refractivity contribution in [3.05, 3.63) is 41.9 Å². The van der Waals surface area contributed by atoms with E-state index < -0.39 is 0 Å². The topological polar surface area (TPSA) is 88.7 Å². The summed E-state index contributed by atoms with van der Waals surface area (Å²) in [6, 6.07) is 5.43. The van der Waals surface area contributed by atoms with Gasteiger partial charge in [-0.25, -0.2) is 0 Å². The summed E-state index contributed by atoms with van der Waals surface area (Å²) in [5, 5.41) is 7.91. The Morgan fingerprint density at radius 3 is 2.95 bits per heavy atom. The second kappa shape index (κ2) is 4.41. The van der Waals surface area contributed by atoms with Gasteiger partial charge in [0.25, 0.3) is 5.91 Å². The standard InChI is InChI=1S/C14H15N5O/c1-8-13(7-19(2)18-8)17-14(20)11-6-16-12-5-9(15)3-4-10(11)12/h3-7,16H,15H2,1-2H3,(H,17,20). The average molecular weight is 269 g/mol. The minimum Gasteiger partial charge on any atom is -0.399 e. The number of aromatic nitrogens is 3. The summed E-state index contributed by atoms with van der Waals surface area (Å²) in [5.41, 5.74) is 9.31. The van der Waals surface area contributed by atoms with Crippen molar-refractivity contribution < 1.29 is 4.79 Å². The van der Waals surface area contributed by atoms with E-state index in [1.54, 1.807) is 29.2 Å². The Kier molecular flexibility index (Phi) is 2.71. The fraction of sp³-hybridized carbons (Fsp3) is 0.143. The summed E-state index contributed by atoms with van der Waals surface area (Å²) in [5.74, 6) is -0.169. The molecule has 0 fully saturated rings. The zero-order valence-electron chi connectivity index (χ0n) is 11.3. The summed E-state index contributed by atoms with van der Waals surface area (Å²) in [7, 11) is 1.82. The van der Waals surface area contributed by atoms with Crippen LogP contribution in [-0.2, 0) is 7.05 Å². The van der Waals surface area contributed by atoms with Crippen LogP contribution in [0.2, 0.25) is 0 Å². The molecule has 1 aromatic carbocycles. The lowest BCUT2D eigenvalue weighted by atomic mass is 10.1. The van der Waals surface area contributed by atoms with E-state index in [1.807, 2.05) is 20.0 Å². The molecule has 20 heavy (non-hydrogen) atoms. The number of nitrogens with one attached hydrogen (secondary N) is 2. The zero-order chi connectivity index (χ0) is 14.3. The number of carbonyl (C=O) groups excluding carboxylic acids is 1. The van der Waals surface area contributed by atoms with Gasteiger partial charge in [0.1, 0.15) is 0 Å². The van der Waals surface area contributed by atoms with E-state index in [0.717, 1.165) is 16.6 Å². The first-order chi connectivity index (χ1) is 9.54. The van der Waals surface area contributed by atoms with Crippen LogP contribution in [0.25, 0.3) is 10.9 Å². The fourth-order valence-corrected chi connectivity index (χ4v) is 2.24. The van der Waals surface area contributed by atoms with Crippen LogP contribution in [0.15, 0.2) is 30.6 Å². The Hall–Kier alpha value is -2.76. The Labute approximate surface area is 115 Å². The van der Waals surface area contributed by atoms with Crippen LogP contribution in [-0.4, -0.2) is 20.7 Å². The number of fused-ring (bicyclic) bond motifs is 1. The van der Waals surface area contributed by atoms with Crippen molar-refractivity contribution >= 4 is 28.2 Å². The molecule has 0 atom stereocenters. The molecule has 0 saturated heterocycles. The maximum atomic E-state index is 12.3. The number of benzene rings is 1. The van der Waals surface area contributed by atoms with Gasteiger partial charge in [-0.05, 0) is 25.1 Å². The van der Waals surface area contributed by atoms with Crippen LogP contribution in [0.3, 0.4) is 0 Å². The molecular formula is C14H15N5O. The number of nitrogens with two attached hydrogens (primary N) is 1. The third-order valence-corrected chi connectivity index (χ3v) is 3.21. The third kappa shape index (κ3) is 2.01. The van der Waals surface area contributed by atoms with Crippen LogP contribution < -0.4 is 11.1 Å². The third-order valence-electron chi connectivity index (χ3n) is 3.21. The first kappa shape index (κ1) is 12.3. The van der Waals surface area contributed by atoms with E-state index in [1.165, 1.54) is 0 Å². The zero-order valence-corrected chi connectivity index (χ0v) is 11.3. The summed E-state index contributed by atoms with van der Waals surface area (Å²) in [6.45, 7) is 1.85. The van der Waals surface area contributed by atoms with E-state index in [-0.39, 0.29) is 5.91 Å². The lowest BCUT2D eigenvalue weighted by molar-refractivity contribution is 0.102. The van der Waals surface area contributed by atoms with Crippen molar-refractivity contribution in [1.29, 1.82) is 0 Å². The molecule has 0 saturated carbocycles. The van der Waals surface area contributed by atoms with Crippen LogP contribution in [0.5, 0.6) is 0 Å². The number of nitrogen functional groups attached to an aromatic ring is 1. The SMILES string of the molecule is Cc1nn(C)cc1NC(=O)c1c[nH]c2cc(N)ccc12. The first-order valence-corrected chi connectivity index (χ1v) is 6.23. The molecule has 0 spiro atoms. The molecule has 6 heteroatoms. The highest BCUT2D eigenvalue weighted by Crippen LogP contribution is 2.22. The van der Waals surface area contributed by atoms with Crippen LogP contribution in [0.4, 0.5) is 11.4 Å². The number of aryl methyl sites for hydroxylation is 2. The lowest BCUT2D eigenvalue weighted by Crippen LogP contribution is -2.11. The van der Waals surface area contributed by atoms with E-state index in [4.69, 9.17) is 5.73 Å². The fourth-order valence-electron chi connectivity index (χ4n) is 2.24. The first-order valence-electron chi connectivity index (χ1n) is 6.23. The molecule has 4 N–H and O–H groups in total. The number of rotatable bonds is 2. The molecule has 2 heterocycles. The van der Waals surface area contributed by atoms with Gasteiger partial charge in [-0.1, -0.05) is 0 Å². The van der Waals surface area contributed by atoms with E-state index in [9.17, 15) is 4.79 Å². The highest BCUT2D eigenvalue weighted by atomic mass is 16.1. The van der Waals surface area contributed by atoms with Crippen molar-refractivity contribution in [2.45, 2.75) is 6.92 Å². The minimum atomic E-state index is -0.169. The van der Waals surface area contributed by atoms with Gasteiger partial charge in [-0.2, -0.15) is 5.10 Å². The molecule has 0 radical (unpaired) electrons. The highest BCUT2D eigenvalue weighted by molar-refractivity contribution is 6.13. The quantitative estimate of drug-likeness (QED) is 0.622. The van der Waals surface area contributed by atoms with Crippen LogP contribution in [0, 0.1) is 6.92 Å². The summed E-state index contributed by atoms with van der Waals surface area (Å²) >= 11 is 0.